The number of anilines is 2. The Morgan fingerprint density at radius 2 is 1.79 bits per heavy atom. The van der Waals surface area contributed by atoms with Crippen LogP contribution in [0.15, 0.2) is 36.7 Å². The van der Waals surface area contributed by atoms with E-state index >= 15 is 0 Å². The van der Waals surface area contributed by atoms with Crippen LogP contribution in [0.4, 0.5) is 16.3 Å². The molecule has 154 valence electrons. The first kappa shape index (κ1) is 20.0. The van der Waals surface area contributed by atoms with Crippen molar-refractivity contribution in [3.8, 4) is 0 Å². The summed E-state index contributed by atoms with van der Waals surface area (Å²) < 4.78 is 0. The number of carbonyl (C=O) groups excluding carboxylic acids is 1. The standard InChI is InChI=1S/C22H28ClN5O/c1-16-15-27(21-20(23)24-11-12-25-21)13-14-28(16)22(29)26-19-9-7-18(8-10-19)17-5-3-2-4-6-17/h7-12,16-17H,2-6,13-15H2,1H3,(H,26,29). The number of hydrogen-bond acceptors (Lipinski definition) is 4. The first-order chi connectivity index (χ1) is 14.1. The predicted molar refractivity (Wildman–Crippen MR) is 117 cm³/mol. The summed E-state index contributed by atoms with van der Waals surface area (Å²) in [5, 5.41) is 3.45. The quantitative estimate of drug-likeness (QED) is 0.775. The first-order valence-electron chi connectivity index (χ1n) is 10.5. The Kier molecular flexibility index (Phi) is 6.19. The van der Waals surface area contributed by atoms with Crippen LogP contribution in [-0.4, -0.2) is 46.6 Å². The van der Waals surface area contributed by atoms with Gasteiger partial charge in [-0.25, -0.2) is 14.8 Å². The molecule has 1 N–H and O–H groups in total. The molecule has 2 heterocycles. The summed E-state index contributed by atoms with van der Waals surface area (Å²) in [5.41, 5.74) is 2.24. The van der Waals surface area contributed by atoms with Crippen LogP contribution in [0.5, 0.6) is 0 Å². The molecular formula is C22H28ClN5O. The maximum atomic E-state index is 12.8. The SMILES string of the molecule is CC1CN(c2nccnc2Cl)CCN1C(=O)Nc1ccc(C2CCCCC2)cc1. The number of nitrogens with one attached hydrogen (secondary N) is 1. The van der Waals surface area contributed by atoms with Crippen molar-refractivity contribution >= 4 is 29.1 Å². The molecule has 1 atom stereocenters. The number of halogens is 1. The Morgan fingerprint density at radius 3 is 2.48 bits per heavy atom. The second kappa shape index (κ2) is 8.99. The van der Waals surface area contributed by atoms with Gasteiger partial charge in [0.2, 0.25) is 0 Å². The van der Waals surface area contributed by atoms with E-state index in [2.05, 4.69) is 32.3 Å². The number of carbonyl (C=O) groups is 1. The van der Waals surface area contributed by atoms with Crippen molar-refractivity contribution in [2.24, 2.45) is 0 Å². The molecule has 0 bridgehead atoms. The summed E-state index contributed by atoms with van der Waals surface area (Å²) in [6.07, 6.45) is 9.80. The summed E-state index contributed by atoms with van der Waals surface area (Å²) in [4.78, 5) is 25.2. The van der Waals surface area contributed by atoms with Crippen LogP contribution in [0.1, 0.15) is 50.5 Å². The summed E-state index contributed by atoms with van der Waals surface area (Å²) in [7, 11) is 0. The highest BCUT2D eigenvalue weighted by atomic mass is 35.5. The molecule has 0 radical (unpaired) electrons. The van der Waals surface area contributed by atoms with Crippen molar-refractivity contribution in [2.75, 3.05) is 29.9 Å². The highest BCUT2D eigenvalue weighted by Gasteiger charge is 2.29. The van der Waals surface area contributed by atoms with E-state index in [1.807, 2.05) is 24.0 Å². The molecule has 1 unspecified atom stereocenters. The van der Waals surface area contributed by atoms with Crippen molar-refractivity contribution in [3.63, 3.8) is 0 Å². The summed E-state index contributed by atoms with van der Waals surface area (Å²) in [6, 6.07) is 8.38. The Balaban J connectivity index is 1.35. The summed E-state index contributed by atoms with van der Waals surface area (Å²) >= 11 is 6.17. The van der Waals surface area contributed by atoms with Gasteiger partial charge in [-0.1, -0.05) is 43.0 Å². The Morgan fingerprint density at radius 1 is 1.07 bits per heavy atom. The number of piperazine rings is 1. The molecule has 1 aliphatic heterocycles. The zero-order valence-corrected chi connectivity index (χ0v) is 17.6. The van der Waals surface area contributed by atoms with Crippen molar-refractivity contribution in [3.05, 3.63) is 47.4 Å². The molecule has 7 heteroatoms. The Hall–Kier alpha value is -2.34. The average Bonchev–Trinajstić information content (AvgIpc) is 2.75. The van der Waals surface area contributed by atoms with Gasteiger partial charge in [-0.15, -0.1) is 0 Å². The lowest BCUT2D eigenvalue weighted by molar-refractivity contribution is 0.184. The molecule has 4 rings (SSSR count). The number of nitrogens with zero attached hydrogens (tertiary/aromatic N) is 4. The second-order valence-electron chi connectivity index (χ2n) is 8.05. The molecule has 1 saturated carbocycles. The second-order valence-corrected chi connectivity index (χ2v) is 8.40. The summed E-state index contributed by atoms with van der Waals surface area (Å²) in [6.45, 7) is 4.01. The van der Waals surface area contributed by atoms with Crippen LogP contribution in [0, 0.1) is 0 Å². The number of aromatic nitrogens is 2. The lowest BCUT2D eigenvalue weighted by Crippen LogP contribution is -2.55. The van der Waals surface area contributed by atoms with E-state index in [1.54, 1.807) is 12.4 Å². The molecule has 1 aliphatic carbocycles. The molecule has 2 fully saturated rings. The minimum Gasteiger partial charge on any atom is -0.350 e. The third kappa shape index (κ3) is 4.64. The van der Waals surface area contributed by atoms with Crippen LogP contribution >= 0.6 is 11.6 Å². The number of amides is 2. The fourth-order valence-corrected chi connectivity index (χ4v) is 4.67. The minimum absolute atomic E-state index is 0.0448. The lowest BCUT2D eigenvalue weighted by Gasteiger charge is -2.40. The van der Waals surface area contributed by atoms with Gasteiger partial charge in [-0.2, -0.15) is 0 Å². The van der Waals surface area contributed by atoms with Crippen molar-refractivity contribution < 1.29 is 4.79 Å². The monoisotopic (exact) mass is 413 g/mol. The van der Waals surface area contributed by atoms with Gasteiger partial charge in [-0.05, 0) is 43.4 Å². The van der Waals surface area contributed by atoms with Crippen LogP contribution in [0.3, 0.4) is 0 Å². The number of urea groups is 1. The maximum absolute atomic E-state index is 12.8. The molecular weight excluding hydrogens is 386 g/mol. The molecule has 2 aromatic rings. The van der Waals surface area contributed by atoms with Crippen molar-refractivity contribution in [2.45, 2.75) is 51.0 Å². The first-order valence-corrected chi connectivity index (χ1v) is 10.9. The van der Waals surface area contributed by atoms with Crippen LogP contribution in [0.25, 0.3) is 0 Å². The van der Waals surface area contributed by atoms with E-state index < -0.39 is 0 Å². The molecule has 6 nitrogen and oxygen atoms in total. The van der Waals surface area contributed by atoms with E-state index in [1.165, 1.54) is 37.7 Å². The third-order valence-electron chi connectivity index (χ3n) is 6.06. The van der Waals surface area contributed by atoms with Crippen molar-refractivity contribution in [1.29, 1.82) is 0 Å². The topological polar surface area (TPSA) is 61.4 Å². The fourth-order valence-electron chi connectivity index (χ4n) is 4.45. The van der Waals surface area contributed by atoms with Crippen LogP contribution in [0.2, 0.25) is 5.15 Å². The highest BCUT2D eigenvalue weighted by molar-refractivity contribution is 6.31. The molecule has 1 aromatic heterocycles. The minimum atomic E-state index is -0.0622. The van der Waals surface area contributed by atoms with Crippen molar-refractivity contribution in [1.82, 2.24) is 14.9 Å². The maximum Gasteiger partial charge on any atom is 0.322 e. The fraction of sp³-hybridized carbons (Fsp3) is 0.500. The zero-order chi connectivity index (χ0) is 20.2. The van der Waals surface area contributed by atoms with Gasteiger partial charge in [0, 0.05) is 43.8 Å². The van der Waals surface area contributed by atoms with Crippen LogP contribution in [-0.2, 0) is 0 Å². The van der Waals surface area contributed by atoms with Gasteiger partial charge < -0.3 is 15.1 Å². The zero-order valence-electron chi connectivity index (χ0n) is 16.9. The van der Waals surface area contributed by atoms with E-state index in [0.29, 0.717) is 36.5 Å². The third-order valence-corrected chi connectivity index (χ3v) is 6.33. The molecule has 2 amide bonds. The van der Waals surface area contributed by atoms with E-state index in [4.69, 9.17) is 11.6 Å². The lowest BCUT2D eigenvalue weighted by atomic mass is 9.84. The van der Waals surface area contributed by atoms with Gasteiger partial charge in [0.25, 0.3) is 0 Å². The number of hydrogen-bond donors (Lipinski definition) is 1. The van der Waals surface area contributed by atoms with E-state index in [-0.39, 0.29) is 12.1 Å². The normalized spacial score (nSPS) is 20.6. The number of rotatable bonds is 3. The smallest absolute Gasteiger partial charge is 0.322 e. The van der Waals surface area contributed by atoms with E-state index in [9.17, 15) is 4.79 Å². The molecule has 2 aliphatic rings. The molecule has 1 aromatic carbocycles. The van der Waals surface area contributed by atoms with Gasteiger partial charge >= 0.3 is 6.03 Å². The van der Waals surface area contributed by atoms with E-state index in [0.717, 1.165) is 5.69 Å². The van der Waals surface area contributed by atoms with Gasteiger partial charge in [0.1, 0.15) is 0 Å². The Bertz CT molecular complexity index is 837. The predicted octanol–water partition coefficient (Wildman–Crippen LogP) is 4.92. The highest BCUT2D eigenvalue weighted by Crippen LogP contribution is 2.33. The largest absolute Gasteiger partial charge is 0.350 e. The van der Waals surface area contributed by atoms with Gasteiger partial charge in [-0.3, -0.25) is 0 Å². The molecule has 29 heavy (non-hydrogen) atoms. The van der Waals surface area contributed by atoms with Crippen LogP contribution < -0.4 is 10.2 Å². The molecule has 0 spiro atoms. The van der Waals surface area contributed by atoms with Gasteiger partial charge in [0.05, 0.1) is 0 Å². The molecule has 1 saturated heterocycles. The number of benzene rings is 1. The van der Waals surface area contributed by atoms with Gasteiger partial charge in [0.15, 0.2) is 11.0 Å². The Labute approximate surface area is 177 Å². The summed E-state index contributed by atoms with van der Waals surface area (Å²) in [5.74, 6) is 1.36. The average molecular weight is 414 g/mol.